The predicted molar refractivity (Wildman–Crippen MR) is 86.3 cm³/mol. The van der Waals surface area contributed by atoms with Crippen LogP contribution in [-0.2, 0) is 11.3 Å². The normalized spacial score (nSPS) is 15.9. The van der Waals surface area contributed by atoms with E-state index >= 15 is 0 Å². The predicted octanol–water partition coefficient (Wildman–Crippen LogP) is 3.89. The molecule has 1 amide bonds. The Balaban J connectivity index is 1.99. The molecule has 0 unspecified atom stereocenters. The maximum atomic E-state index is 12.6. The lowest BCUT2D eigenvalue weighted by Crippen LogP contribution is -2.30. The minimum Gasteiger partial charge on any atom is -0.302 e. The first-order valence-corrected chi connectivity index (χ1v) is 7.43. The molecule has 3 nitrogen and oxygen atoms in total. The number of amides is 1. The van der Waals surface area contributed by atoms with E-state index in [4.69, 9.17) is 0 Å². The Bertz CT molecular complexity index is 798. The number of hydrogen-bond acceptors (Lipinski definition) is 2. The summed E-state index contributed by atoms with van der Waals surface area (Å²) < 4.78 is 37.5. The molecule has 0 fully saturated rings. The largest absolute Gasteiger partial charge is 0.407 e. The molecule has 0 saturated heterocycles. The molecule has 24 heavy (non-hydrogen) atoms. The Morgan fingerprint density at radius 1 is 1.08 bits per heavy atom. The zero-order chi connectivity index (χ0) is 17.3. The molecule has 0 spiro atoms. The van der Waals surface area contributed by atoms with Crippen molar-refractivity contribution in [3.63, 3.8) is 0 Å². The van der Waals surface area contributed by atoms with E-state index < -0.39 is 18.6 Å². The van der Waals surface area contributed by atoms with Gasteiger partial charge in [0.2, 0.25) is 0 Å². The minimum atomic E-state index is -4.44. The van der Waals surface area contributed by atoms with Gasteiger partial charge < -0.3 is 4.90 Å². The Kier molecular flexibility index (Phi) is 4.13. The first-order chi connectivity index (χ1) is 11.3. The van der Waals surface area contributed by atoms with Gasteiger partial charge in [-0.05, 0) is 24.6 Å². The highest BCUT2D eigenvalue weighted by Gasteiger charge is 2.35. The van der Waals surface area contributed by atoms with Crippen LogP contribution in [0.4, 0.5) is 18.9 Å². The van der Waals surface area contributed by atoms with Crippen molar-refractivity contribution in [2.24, 2.45) is 4.99 Å². The van der Waals surface area contributed by atoms with E-state index in [9.17, 15) is 18.0 Å². The second-order valence-corrected chi connectivity index (χ2v) is 5.68. The molecule has 0 saturated carbocycles. The van der Waals surface area contributed by atoms with Gasteiger partial charge in [-0.25, -0.2) is 0 Å². The van der Waals surface area contributed by atoms with Crippen molar-refractivity contribution in [3.05, 3.63) is 65.2 Å². The molecule has 0 bridgehead atoms. The van der Waals surface area contributed by atoms with Crippen molar-refractivity contribution in [1.29, 1.82) is 0 Å². The Labute approximate surface area is 137 Å². The Hall–Kier alpha value is -2.63. The number of aryl methyl sites for hydroxylation is 1. The number of nitrogens with zero attached hydrogens (tertiary/aromatic N) is 2. The molecule has 0 N–H and O–H groups in total. The lowest BCUT2D eigenvalue weighted by Gasteiger charge is -2.17. The number of alkyl halides is 3. The zero-order valence-electron chi connectivity index (χ0n) is 13.0. The summed E-state index contributed by atoms with van der Waals surface area (Å²) >= 11 is 0. The third kappa shape index (κ3) is 3.32. The molecule has 6 heteroatoms. The molecular formula is C18H15F3N2O. The van der Waals surface area contributed by atoms with Crippen LogP contribution in [-0.4, -0.2) is 24.3 Å². The number of benzene rings is 2. The fourth-order valence-corrected chi connectivity index (χ4v) is 2.67. The van der Waals surface area contributed by atoms with E-state index in [0.717, 1.165) is 11.1 Å². The van der Waals surface area contributed by atoms with Gasteiger partial charge in [0.1, 0.15) is 12.3 Å². The Morgan fingerprint density at radius 3 is 2.46 bits per heavy atom. The third-order valence-corrected chi connectivity index (χ3v) is 3.75. The van der Waals surface area contributed by atoms with Gasteiger partial charge >= 0.3 is 6.18 Å². The van der Waals surface area contributed by atoms with Gasteiger partial charge in [0.05, 0.1) is 12.2 Å². The lowest BCUT2D eigenvalue weighted by atomic mass is 10.1. The van der Waals surface area contributed by atoms with Gasteiger partial charge in [0.15, 0.2) is 0 Å². The van der Waals surface area contributed by atoms with Crippen LogP contribution in [0.25, 0.3) is 0 Å². The number of rotatable bonds is 3. The average molecular weight is 332 g/mol. The van der Waals surface area contributed by atoms with Gasteiger partial charge in [-0.3, -0.25) is 9.79 Å². The van der Waals surface area contributed by atoms with Crippen molar-refractivity contribution in [1.82, 2.24) is 0 Å². The number of fused-ring (bicyclic) bond motifs is 1. The van der Waals surface area contributed by atoms with Crippen molar-refractivity contribution in [2.45, 2.75) is 19.6 Å². The number of anilines is 1. The van der Waals surface area contributed by atoms with Gasteiger partial charge in [0, 0.05) is 5.56 Å². The van der Waals surface area contributed by atoms with E-state index in [1.54, 1.807) is 12.1 Å². The second kappa shape index (κ2) is 6.11. The average Bonchev–Trinajstić information content (AvgIpc) is 2.77. The molecule has 0 atom stereocenters. The summed E-state index contributed by atoms with van der Waals surface area (Å²) in [5, 5.41) is 0. The summed E-state index contributed by atoms with van der Waals surface area (Å²) in [5.41, 5.74) is 2.69. The topological polar surface area (TPSA) is 32.7 Å². The van der Waals surface area contributed by atoms with E-state index in [0.29, 0.717) is 17.8 Å². The SMILES string of the molecule is Cc1ccc2c(c1)C(=NCC(F)(F)F)C(=O)N2Cc1ccccc1. The van der Waals surface area contributed by atoms with Crippen LogP contribution in [0.15, 0.2) is 53.5 Å². The van der Waals surface area contributed by atoms with Gasteiger partial charge in [0.25, 0.3) is 5.91 Å². The van der Waals surface area contributed by atoms with Crippen LogP contribution in [0.2, 0.25) is 0 Å². The smallest absolute Gasteiger partial charge is 0.302 e. The number of aliphatic imine (C=N–C) groups is 1. The standard InChI is InChI=1S/C18H15F3N2O/c1-12-7-8-15-14(9-12)16(22-11-18(19,20)21)17(24)23(15)10-13-5-3-2-4-6-13/h2-9H,10-11H2,1H3. The summed E-state index contributed by atoms with van der Waals surface area (Å²) in [7, 11) is 0. The first kappa shape index (κ1) is 16.2. The van der Waals surface area contributed by atoms with Crippen molar-refractivity contribution >= 4 is 17.3 Å². The summed E-state index contributed by atoms with van der Waals surface area (Å²) in [6.45, 7) is 0.757. The van der Waals surface area contributed by atoms with Crippen LogP contribution in [0.3, 0.4) is 0 Å². The summed E-state index contributed by atoms with van der Waals surface area (Å²) in [6, 6.07) is 14.6. The quantitative estimate of drug-likeness (QED) is 0.839. The highest BCUT2D eigenvalue weighted by Crippen LogP contribution is 2.32. The molecule has 1 aliphatic rings. The number of halogens is 3. The summed E-state index contributed by atoms with van der Waals surface area (Å²) in [4.78, 5) is 17.6. The van der Waals surface area contributed by atoms with E-state index in [2.05, 4.69) is 4.99 Å². The molecule has 0 radical (unpaired) electrons. The van der Waals surface area contributed by atoms with Crippen LogP contribution < -0.4 is 4.90 Å². The fraction of sp³-hybridized carbons (Fsp3) is 0.222. The molecule has 1 aliphatic heterocycles. The fourth-order valence-electron chi connectivity index (χ4n) is 2.67. The molecule has 124 valence electrons. The second-order valence-electron chi connectivity index (χ2n) is 5.68. The van der Waals surface area contributed by atoms with Crippen LogP contribution in [0.1, 0.15) is 16.7 Å². The van der Waals surface area contributed by atoms with Crippen LogP contribution in [0.5, 0.6) is 0 Å². The number of carbonyl (C=O) groups excluding carboxylic acids is 1. The molecule has 2 aromatic carbocycles. The van der Waals surface area contributed by atoms with Crippen LogP contribution in [0, 0.1) is 6.92 Å². The molecule has 0 aromatic heterocycles. The van der Waals surface area contributed by atoms with E-state index in [1.807, 2.05) is 43.3 Å². The van der Waals surface area contributed by atoms with Crippen molar-refractivity contribution in [3.8, 4) is 0 Å². The van der Waals surface area contributed by atoms with Gasteiger partial charge in [-0.1, -0.05) is 42.0 Å². The molecule has 1 heterocycles. The zero-order valence-corrected chi connectivity index (χ0v) is 13.0. The van der Waals surface area contributed by atoms with Crippen molar-refractivity contribution < 1.29 is 18.0 Å². The Morgan fingerprint density at radius 2 is 1.79 bits per heavy atom. The highest BCUT2D eigenvalue weighted by molar-refractivity contribution is 6.54. The molecule has 3 rings (SSSR count). The van der Waals surface area contributed by atoms with Crippen molar-refractivity contribution in [2.75, 3.05) is 11.4 Å². The minimum absolute atomic E-state index is 0.123. The molecular weight excluding hydrogens is 317 g/mol. The monoisotopic (exact) mass is 332 g/mol. The maximum Gasteiger partial charge on any atom is 0.407 e. The van der Waals surface area contributed by atoms with E-state index in [-0.39, 0.29) is 5.71 Å². The number of hydrogen-bond donors (Lipinski definition) is 0. The molecule has 2 aromatic rings. The highest BCUT2D eigenvalue weighted by atomic mass is 19.4. The number of carbonyl (C=O) groups is 1. The van der Waals surface area contributed by atoms with Crippen LogP contribution >= 0.6 is 0 Å². The first-order valence-electron chi connectivity index (χ1n) is 7.43. The molecule has 0 aliphatic carbocycles. The lowest BCUT2D eigenvalue weighted by molar-refractivity contribution is -0.118. The third-order valence-electron chi connectivity index (χ3n) is 3.75. The summed E-state index contributed by atoms with van der Waals surface area (Å²) in [5.74, 6) is -0.497. The maximum absolute atomic E-state index is 12.6. The van der Waals surface area contributed by atoms with Gasteiger partial charge in [-0.15, -0.1) is 0 Å². The summed E-state index contributed by atoms with van der Waals surface area (Å²) in [6.07, 6.45) is -4.44. The van der Waals surface area contributed by atoms with E-state index in [1.165, 1.54) is 4.90 Å². The van der Waals surface area contributed by atoms with Gasteiger partial charge in [-0.2, -0.15) is 13.2 Å².